The minimum absolute atomic E-state index is 0.0338. The van der Waals surface area contributed by atoms with E-state index in [0.29, 0.717) is 10.5 Å². The third-order valence-electron chi connectivity index (χ3n) is 3.90. The molecule has 1 N–H and O–H groups in total. The second-order valence-corrected chi connectivity index (χ2v) is 7.73. The number of hydrogen-bond donors (Lipinski definition) is 1. The molecule has 0 bridgehead atoms. The van der Waals surface area contributed by atoms with E-state index >= 15 is 0 Å². The van der Waals surface area contributed by atoms with Crippen LogP contribution in [0, 0.1) is 0 Å². The summed E-state index contributed by atoms with van der Waals surface area (Å²) in [5.41, 5.74) is 0. The normalized spacial score (nSPS) is 27.6. The summed E-state index contributed by atoms with van der Waals surface area (Å²) in [6.45, 7) is 2.09. The van der Waals surface area contributed by atoms with Crippen molar-refractivity contribution >= 4 is 26.0 Å². The average molecular weight is 346 g/mol. The molecular weight excluding hydrogens is 330 g/mol. The van der Waals surface area contributed by atoms with Crippen LogP contribution in [0.4, 0.5) is 0 Å². The van der Waals surface area contributed by atoms with E-state index in [0.717, 1.165) is 25.9 Å². The standard InChI is InChI=1S/C12H16BrN3O2S/c13-9-6-10(8-14-7-9)19(17,18)15-11-3-5-16-4-1-2-12(11)16/h6-8,11-12,15H,1-5H2. The molecule has 0 spiro atoms. The molecule has 19 heavy (non-hydrogen) atoms. The Morgan fingerprint density at radius 3 is 2.95 bits per heavy atom. The van der Waals surface area contributed by atoms with Crippen LogP contribution in [0.3, 0.4) is 0 Å². The summed E-state index contributed by atoms with van der Waals surface area (Å²) in [7, 11) is -3.47. The molecule has 0 aromatic carbocycles. The summed E-state index contributed by atoms with van der Waals surface area (Å²) < 4.78 is 28.2. The number of fused-ring (bicyclic) bond motifs is 1. The molecule has 5 nitrogen and oxygen atoms in total. The van der Waals surface area contributed by atoms with Crippen LogP contribution in [-0.2, 0) is 10.0 Å². The first kappa shape index (κ1) is 13.5. The maximum atomic E-state index is 12.3. The van der Waals surface area contributed by atoms with Gasteiger partial charge in [-0.2, -0.15) is 0 Å². The first-order valence-corrected chi connectivity index (χ1v) is 8.71. The smallest absolute Gasteiger partial charge is 0.242 e. The van der Waals surface area contributed by atoms with E-state index in [2.05, 4.69) is 30.5 Å². The van der Waals surface area contributed by atoms with Crippen LogP contribution < -0.4 is 4.72 Å². The highest BCUT2D eigenvalue weighted by Gasteiger charge is 2.39. The fourth-order valence-electron chi connectivity index (χ4n) is 3.03. The molecule has 0 saturated carbocycles. The van der Waals surface area contributed by atoms with Gasteiger partial charge in [0.25, 0.3) is 0 Å². The van der Waals surface area contributed by atoms with Crippen molar-refractivity contribution < 1.29 is 8.42 Å². The molecule has 2 aliphatic rings. The molecule has 2 unspecified atom stereocenters. The molecule has 1 aromatic rings. The molecular formula is C12H16BrN3O2S. The predicted octanol–water partition coefficient (Wildman–Crippen LogP) is 1.36. The van der Waals surface area contributed by atoms with E-state index < -0.39 is 10.0 Å². The average Bonchev–Trinajstić information content (AvgIpc) is 2.94. The van der Waals surface area contributed by atoms with Crippen molar-refractivity contribution in [1.29, 1.82) is 0 Å². The lowest BCUT2D eigenvalue weighted by Crippen LogP contribution is -2.42. The highest BCUT2D eigenvalue weighted by atomic mass is 79.9. The highest BCUT2D eigenvalue weighted by Crippen LogP contribution is 2.29. The molecule has 2 saturated heterocycles. The summed E-state index contributed by atoms with van der Waals surface area (Å²) in [6.07, 6.45) is 6.11. The monoisotopic (exact) mass is 345 g/mol. The lowest BCUT2D eigenvalue weighted by Gasteiger charge is -2.21. The van der Waals surface area contributed by atoms with Crippen LogP contribution >= 0.6 is 15.9 Å². The Balaban J connectivity index is 1.79. The Hall–Kier alpha value is -0.500. The van der Waals surface area contributed by atoms with Crippen LogP contribution in [0.2, 0.25) is 0 Å². The van der Waals surface area contributed by atoms with Crippen LogP contribution in [0.5, 0.6) is 0 Å². The second-order valence-electron chi connectivity index (χ2n) is 5.10. The summed E-state index contributed by atoms with van der Waals surface area (Å²) >= 11 is 3.25. The SMILES string of the molecule is O=S(=O)(NC1CCN2CCCC12)c1cncc(Br)c1. The largest absolute Gasteiger partial charge is 0.299 e. The van der Waals surface area contributed by atoms with Crippen LogP contribution in [-0.4, -0.2) is 43.5 Å². The van der Waals surface area contributed by atoms with Gasteiger partial charge in [-0.3, -0.25) is 9.88 Å². The zero-order valence-corrected chi connectivity index (χ0v) is 12.8. The fourth-order valence-corrected chi connectivity index (χ4v) is 4.83. The van der Waals surface area contributed by atoms with Gasteiger partial charge in [-0.25, -0.2) is 13.1 Å². The van der Waals surface area contributed by atoms with Gasteiger partial charge in [0.2, 0.25) is 10.0 Å². The van der Waals surface area contributed by atoms with Crippen molar-refractivity contribution in [2.45, 2.75) is 36.2 Å². The number of pyridine rings is 1. The van der Waals surface area contributed by atoms with Crippen molar-refractivity contribution in [2.75, 3.05) is 13.1 Å². The number of aromatic nitrogens is 1. The minimum Gasteiger partial charge on any atom is -0.299 e. The van der Waals surface area contributed by atoms with E-state index in [9.17, 15) is 8.42 Å². The number of nitrogens with one attached hydrogen (secondary N) is 1. The van der Waals surface area contributed by atoms with Gasteiger partial charge in [0.05, 0.1) is 0 Å². The first-order chi connectivity index (χ1) is 9.06. The predicted molar refractivity (Wildman–Crippen MR) is 75.3 cm³/mol. The van der Waals surface area contributed by atoms with Crippen LogP contribution in [0.15, 0.2) is 27.8 Å². The van der Waals surface area contributed by atoms with Gasteiger partial charge in [-0.15, -0.1) is 0 Å². The maximum absolute atomic E-state index is 12.3. The van der Waals surface area contributed by atoms with Crippen molar-refractivity contribution in [1.82, 2.24) is 14.6 Å². The van der Waals surface area contributed by atoms with Gasteiger partial charge in [0.1, 0.15) is 4.90 Å². The molecule has 104 valence electrons. The molecule has 0 amide bonds. The summed E-state index contributed by atoms with van der Waals surface area (Å²) in [4.78, 5) is 6.52. The fraction of sp³-hybridized carbons (Fsp3) is 0.583. The maximum Gasteiger partial charge on any atom is 0.242 e. The van der Waals surface area contributed by atoms with Gasteiger partial charge in [-0.1, -0.05) is 0 Å². The third-order valence-corrected chi connectivity index (χ3v) is 5.79. The van der Waals surface area contributed by atoms with E-state index in [1.807, 2.05) is 0 Å². The Bertz CT molecular complexity index is 578. The van der Waals surface area contributed by atoms with Crippen molar-refractivity contribution in [3.05, 3.63) is 22.9 Å². The summed E-state index contributed by atoms with van der Waals surface area (Å²) in [5, 5.41) is 0. The van der Waals surface area contributed by atoms with Gasteiger partial charge in [0.15, 0.2) is 0 Å². The molecule has 0 aliphatic carbocycles. The van der Waals surface area contributed by atoms with E-state index in [1.54, 1.807) is 12.3 Å². The zero-order valence-electron chi connectivity index (χ0n) is 10.4. The number of hydrogen-bond acceptors (Lipinski definition) is 4. The Kier molecular flexibility index (Phi) is 3.63. The van der Waals surface area contributed by atoms with E-state index in [-0.39, 0.29) is 10.9 Å². The highest BCUT2D eigenvalue weighted by molar-refractivity contribution is 9.10. The van der Waals surface area contributed by atoms with Crippen LogP contribution in [0.1, 0.15) is 19.3 Å². The van der Waals surface area contributed by atoms with E-state index in [1.165, 1.54) is 12.6 Å². The molecule has 3 heterocycles. The topological polar surface area (TPSA) is 62.3 Å². The molecule has 0 radical (unpaired) electrons. The summed E-state index contributed by atoms with van der Waals surface area (Å²) in [5.74, 6) is 0. The van der Waals surface area contributed by atoms with Crippen molar-refractivity contribution in [2.24, 2.45) is 0 Å². The second kappa shape index (κ2) is 5.12. The van der Waals surface area contributed by atoms with Gasteiger partial charge in [0, 0.05) is 35.5 Å². The molecule has 2 fully saturated rings. The van der Waals surface area contributed by atoms with Gasteiger partial charge < -0.3 is 0 Å². The summed E-state index contributed by atoms with van der Waals surface area (Å²) in [6, 6.07) is 1.98. The van der Waals surface area contributed by atoms with Crippen LogP contribution in [0.25, 0.3) is 0 Å². The Morgan fingerprint density at radius 1 is 1.32 bits per heavy atom. The number of sulfonamides is 1. The minimum atomic E-state index is -3.47. The first-order valence-electron chi connectivity index (χ1n) is 6.43. The quantitative estimate of drug-likeness (QED) is 0.898. The zero-order chi connectivity index (χ0) is 13.5. The third kappa shape index (κ3) is 2.69. The number of nitrogens with zero attached hydrogens (tertiary/aromatic N) is 2. The molecule has 7 heteroatoms. The lowest BCUT2D eigenvalue weighted by atomic mass is 10.1. The van der Waals surface area contributed by atoms with Crippen molar-refractivity contribution in [3.63, 3.8) is 0 Å². The number of rotatable bonds is 3. The molecule has 2 atom stereocenters. The molecule has 1 aromatic heterocycles. The number of halogens is 1. The Labute approximate surface area is 121 Å². The van der Waals surface area contributed by atoms with Crippen molar-refractivity contribution in [3.8, 4) is 0 Å². The lowest BCUT2D eigenvalue weighted by molar-refractivity contribution is 0.309. The van der Waals surface area contributed by atoms with Gasteiger partial charge in [-0.05, 0) is 47.8 Å². The van der Waals surface area contributed by atoms with Gasteiger partial charge >= 0.3 is 0 Å². The molecule has 2 aliphatic heterocycles. The Morgan fingerprint density at radius 2 is 2.16 bits per heavy atom. The molecule has 3 rings (SSSR count). The van der Waals surface area contributed by atoms with E-state index in [4.69, 9.17) is 0 Å².